The lowest BCUT2D eigenvalue weighted by molar-refractivity contribution is -0.140. The number of amides is 2. The third-order valence-electron chi connectivity index (χ3n) is 6.30. The summed E-state index contributed by atoms with van der Waals surface area (Å²) in [5, 5.41) is 6.47. The fourth-order valence-corrected chi connectivity index (χ4v) is 5.02. The number of methoxy groups -OCH3 is 1. The van der Waals surface area contributed by atoms with E-state index in [4.69, 9.17) is 4.74 Å². The molecular formula is C23H31IN4O3. The molecule has 1 saturated heterocycles. The van der Waals surface area contributed by atoms with Crippen LogP contribution < -0.4 is 15.4 Å². The van der Waals surface area contributed by atoms with Crippen LogP contribution >= 0.6 is 24.0 Å². The van der Waals surface area contributed by atoms with Crippen molar-refractivity contribution in [2.45, 2.75) is 26.8 Å². The molecule has 4 rings (SSSR count). The summed E-state index contributed by atoms with van der Waals surface area (Å²) in [6.07, 6.45) is 5.20. The third-order valence-corrected chi connectivity index (χ3v) is 6.30. The zero-order chi connectivity index (χ0) is 21.3. The molecule has 1 aliphatic heterocycles. The molecule has 8 heteroatoms. The Morgan fingerprint density at radius 3 is 2.42 bits per heavy atom. The van der Waals surface area contributed by atoms with E-state index in [0.29, 0.717) is 25.6 Å². The number of hydrogen-bond acceptors (Lipinski definition) is 4. The third kappa shape index (κ3) is 4.73. The minimum absolute atomic E-state index is 0. The number of benzene rings is 1. The van der Waals surface area contributed by atoms with Crippen molar-refractivity contribution in [1.82, 2.24) is 15.5 Å². The molecule has 2 fully saturated rings. The molecule has 1 aromatic carbocycles. The van der Waals surface area contributed by atoms with Gasteiger partial charge < -0.3 is 15.4 Å². The Morgan fingerprint density at radius 1 is 1.13 bits per heavy atom. The summed E-state index contributed by atoms with van der Waals surface area (Å²) in [7, 11) is 1.66. The monoisotopic (exact) mass is 538 g/mol. The van der Waals surface area contributed by atoms with Gasteiger partial charge in [0.15, 0.2) is 5.96 Å². The molecule has 4 atom stereocenters. The lowest BCUT2D eigenvalue weighted by Crippen LogP contribution is -2.43. The van der Waals surface area contributed by atoms with Crippen LogP contribution in [-0.4, -0.2) is 49.4 Å². The van der Waals surface area contributed by atoms with Gasteiger partial charge in [0, 0.05) is 19.6 Å². The van der Waals surface area contributed by atoms with Gasteiger partial charge in [-0.3, -0.25) is 14.5 Å². The summed E-state index contributed by atoms with van der Waals surface area (Å²) in [5.74, 6) is 1.71. The SMILES string of the molecule is CCNC(=NCc1cc(C)cc(OC)c1)NCCN1C(=O)C2C3C=CC(C3)C2C1=O.I. The van der Waals surface area contributed by atoms with Crippen molar-refractivity contribution in [2.24, 2.45) is 28.7 Å². The summed E-state index contributed by atoms with van der Waals surface area (Å²) >= 11 is 0. The highest BCUT2D eigenvalue weighted by atomic mass is 127. The highest BCUT2D eigenvalue weighted by Crippen LogP contribution is 2.52. The van der Waals surface area contributed by atoms with Gasteiger partial charge in [0.1, 0.15) is 5.75 Å². The van der Waals surface area contributed by atoms with Gasteiger partial charge >= 0.3 is 0 Å². The van der Waals surface area contributed by atoms with E-state index in [1.165, 1.54) is 4.90 Å². The number of nitrogens with zero attached hydrogens (tertiary/aromatic N) is 2. The topological polar surface area (TPSA) is 83.0 Å². The molecule has 0 radical (unpaired) electrons. The first kappa shape index (κ1) is 23.6. The van der Waals surface area contributed by atoms with Crippen LogP contribution in [0.1, 0.15) is 24.5 Å². The number of carbonyl (C=O) groups is 2. The Hall–Kier alpha value is -2.10. The molecule has 2 aliphatic carbocycles. The first-order valence-electron chi connectivity index (χ1n) is 10.7. The maximum absolute atomic E-state index is 12.8. The maximum atomic E-state index is 12.8. The van der Waals surface area contributed by atoms with Crippen LogP contribution in [0.15, 0.2) is 35.3 Å². The molecule has 31 heavy (non-hydrogen) atoms. The largest absolute Gasteiger partial charge is 0.497 e. The van der Waals surface area contributed by atoms with Gasteiger partial charge in [0.25, 0.3) is 0 Å². The van der Waals surface area contributed by atoms with E-state index >= 15 is 0 Å². The Kier molecular flexibility index (Phi) is 7.61. The molecule has 1 saturated carbocycles. The second kappa shape index (κ2) is 10.0. The number of nitrogens with one attached hydrogen (secondary N) is 2. The van der Waals surface area contributed by atoms with Crippen molar-refractivity contribution in [2.75, 3.05) is 26.7 Å². The summed E-state index contributed by atoms with van der Waals surface area (Å²) in [6.45, 7) is 6.11. The smallest absolute Gasteiger partial charge is 0.233 e. The fourth-order valence-electron chi connectivity index (χ4n) is 5.02. The predicted octanol–water partition coefficient (Wildman–Crippen LogP) is 2.48. The van der Waals surface area contributed by atoms with Crippen LogP contribution in [-0.2, 0) is 16.1 Å². The van der Waals surface area contributed by atoms with Gasteiger partial charge in [0.2, 0.25) is 11.8 Å². The fraction of sp³-hybridized carbons (Fsp3) is 0.522. The molecule has 168 valence electrons. The molecule has 4 unspecified atom stereocenters. The number of halogens is 1. The van der Waals surface area contributed by atoms with E-state index < -0.39 is 0 Å². The van der Waals surface area contributed by atoms with Crippen molar-refractivity contribution in [3.63, 3.8) is 0 Å². The van der Waals surface area contributed by atoms with Crippen LogP contribution in [0.4, 0.5) is 0 Å². The van der Waals surface area contributed by atoms with Crippen LogP contribution in [0.2, 0.25) is 0 Å². The molecule has 0 aromatic heterocycles. The van der Waals surface area contributed by atoms with E-state index in [-0.39, 0.29) is 59.5 Å². The number of allylic oxidation sites excluding steroid dienone is 2. The Labute approximate surface area is 200 Å². The normalized spacial score (nSPS) is 26.2. The summed E-state index contributed by atoms with van der Waals surface area (Å²) in [6, 6.07) is 6.04. The molecule has 2 bridgehead atoms. The Balaban J connectivity index is 0.00000272. The van der Waals surface area contributed by atoms with E-state index in [1.807, 2.05) is 26.0 Å². The molecule has 0 spiro atoms. The Bertz CT molecular complexity index is 871. The Morgan fingerprint density at radius 2 is 1.81 bits per heavy atom. The van der Waals surface area contributed by atoms with Gasteiger partial charge in [-0.15, -0.1) is 24.0 Å². The number of imide groups is 1. The quantitative estimate of drug-likeness (QED) is 0.183. The van der Waals surface area contributed by atoms with Crippen molar-refractivity contribution >= 4 is 41.8 Å². The second-order valence-electron chi connectivity index (χ2n) is 8.31. The standard InChI is InChI=1S/C23H30N4O3.HI/c1-4-24-23(26-13-15-9-14(2)10-18(11-15)30-3)25-7-8-27-21(28)19-16-5-6-17(12-16)20(19)22(27)29;/h5-6,9-11,16-17,19-20H,4,7-8,12-13H2,1-3H3,(H2,24,25,26);1H. The predicted molar refractivity (Wildman–Crippen MR) is 130 cm³/mol. The number of guanidine groups is 1. The van der Waals surface area contributed by atoms with E-state index in [0.717, 1.165) is 29.8 Å². The number of aryl methyl sites for hydroxylation is 1. The molecular weight excluding hydrogens is 507 g/mol. The molecule has 2 amide bonds. The van der Waals surface area contributed by atoms with Crippen molar-refractivity contribution in [3.05, 3.63) is 41.5 Å². The number of carbonyl (C=O) groups excluding carboxylic acids is 2. The minimum atomic E-state index is -0.134. The van der Waals surface area contributed by atoms with Crippen molar-refractivity contribution in [3.8, 4) is 5.75 Å². The van der Waals surface area contributed by atoms with Crippen molar-refractivity contribution < 1.29 is 14.3 Å². The summed E-state index contributed by atoms with van der Waals surface area (Å²) in [5.41, 5.74) is 2.18. The van der Waals surface area contributed by atoms with Gasteiger partial charge in [-0.2, -0.15) is 0 Å². The molecule has 1 heterocycles. The maximum Gasteiger partial charge on any atom is 0.233 e. The van der Waals surface area contributed by atoms with E-state index in [1.54, 1.807) is 7.11 Å². The number of hydrogen-bond donors (Lipinski definition) is 2. The highest BCUT2D eigenvalue weighted by molar-refractivity contribution is 14.0. The van der Waals surface area contributed by atoms with E-state index in [9.17, 15) is 9.59 Å². The molecule has 1 aromatic rings. The van der Waals surface area contributed by atoms with Gasteiger partial charge in [0.05, 0.1) is 25.5 Å². The van der Waals surface area contributed by atoms with Crippen LogP contribution in [0.3, 0.4) is 0 Å². The lowest BCUT2D eigenvalue weighted by Gasteiger charge is -2.18. The zero-order valence-corrected chi connectivity index (χ0v) is 20.6. The number of fused-ring (bicyclic) bond motifs is 5. The number of likely N-dealkylation sites (tertiary alicyclic amines) is 1. The summed E-state index contributed by atoms with van der Waals surface area (Å²) < 4.78 is 5.33. The number of aliphatic imine (C=N–C) groups is 1. The molecule has 3 aliphatic rings. The lowest BCUT2D eigenvalue weighted by atomic mass is 9.85. The number of rotatable bonds is 7. The van der Waals surface area contributed by atoms with Crippen LogP contribution in [0.5, 0.6) is 5.75 Å². The average Bonchev–Trinajstić information content (AvgIpc) is 3.41. The molecule has 2 N–H and O–H groups in total. The van der Waals surface area contributed by atoms with Crippen molar-refractivity contribution in [1.29, 1.82) is 0 Å². The zero-order valence-electron chi connectivity index (χ0n) is 18.3. The van der Waals surface area contributed by atoms with E-state index in [2.05, 4.69) is 33.8 Å². The van der Waals surface area contributed by atoms with Gasteiger partial charge in [-0.05, 0) is 55.4 Å². The highest BCUT2D eigenvalue weighted by Gasteiger charge is 2.58. The second-order valence-corrected chi connectivity index (χ2v) is 8.31. The van der Waals surface area contributed by atoms with Crippen LogP contribution in [0, 0.1) is 30.6 Å². The first-order chi connectivity index (χ1) is 14.5. The first-order valence-corrected chi connectivity index (χ1v) is 10.7. The van der Waals surface area contributed by atoms with Gasteiger partial charge in [-0.25, -0.2) is 4.99 Å². The summed E-state index contributed by atoms with van der Waals surface area (Å²) in [4.78, 5) is 31.6. The molecule has 7 nitrogen and oxygen atoms in total. The van der Waals surface area contributed by atoms with Gasteiger partial charge in [-0.1, -0.05) is 18.2 Å². The average molecular weight is 538 g/mol. The van der Waals surface area contributed by atoms with Crippen LogP contribution in [0.25, 0.3) is 0 Å². The minimum Gasteiger partial charge on any atom is -0.497 e. The number of ether oxygens (including phenoxy) is 1.